The molecule has 0 fully saturated rings. The summed E-state index contributed by atoms with van der Waals surface area (Å²) in [6.45, 7) is 3.22. The first-order valence-corrected chi connectivity index (χ1v) is 10.4. The molecule has 0 N–H and O–H groups in total. The number of nitrogens with zero attached hydrogens (tertiary/aromatic N) is 3. The lowest BCUT2D eigenvalue weighted by Crippen LogP contribution is -2.37. The normalized spacial score (nSPS) is 16.3. The number of thiophene rings is 1. The molecule has 1 atom stereocenters. The summed E-state index contributed by atoms with van der Waals surface area (Å²) >= 11 is 1.62. The van der Waals surface area contributed by atoms with Crippen LogP contribution in [-0.2, 0) is 25.4 Å². The van der Waals surface area contributed by atoms with Crippen molar-refractivity contribution in [3.8, 4) is 11.3 Å². The quantitative estimate of drug-likeness (QED) is 0.513. The second kappa shape index (κ2) is 6.57. The monoisotopic (exact) mass is 407 g/mol. The number of aryl methyl sites for hydroxylation is 2. The van der Waals surface area contributed by atoms with Gasteiger partial charge in [0.2, 0.25) is 0 Å². The van der Waals surface area contributed by atoms with Gasteiger partial charge in [0.25, 0.3) is 5.56 Å². The molecule has 0 radical (unpaired) electrons. The highest BCUT2D eigenvalue weighted by Gasteiger charge is 2.33. The highest BCUT2D eigenvalue weighted by Crippen LogP contribution is 2.41. The lowest BCUT2D eigenvalue weighted by molar-refractivity contribution is 0.0500. The van der Waals surface area contributed by atoms with Crippen molar-refractivity contribution in [3.05, 3.63) is 78.8 Å². The Morgan fingerprint density at radius 1 is 1.07 bits per heavy atom. The van der Waals surface area contributed by atoms with E-state index in [-0.39, 0.29) is 17.4 Å². The molecule has 6 nitrogen and oxygen atoms in total. The standard InChI is InChI=1S/C22H21N3O3S/c1-13-6-8-14(9-7-13)17-16-18(23(2)22(27)24(3)21(16)26)19-20(15-5-4-12-29-15)28-11-10-25(17)19/h4-9,12,20H,10-11H2,1-3H3/t20-/m0/s1. The van der Waals surface area contributed by atoms with E-state index in [9.17, 15) is 9.59 Å². The molecule has 29 heavy (non-hydrogen) atoms. The van der Waals surface area contributed by atoms with Crippen molar-refractivity contribution < 1.29 is 4.74 Å². The minimum atomic E-state index is -0.332. The van der Waals surface area contributed by atoms with Crippen molar-refractivity contribution in [1.82, 2.24) is 13.7 Å². The molecule has 0 aliphatic carbocycles. The number of rotatable bonds is 2. The Labute approximate surface area is 171 Å². The number of fused-ring (bicyclic) bond motifs is 3. The Hall–Kier alpha value is -2.90. The van der Waals surface area contributed by atoms with Crippen LogP contribution in [-0.4, -0.2) is 20.3 Å². The second-order valence-corrected chi connectivity index (χ2v) is 8.43. The lowest BCUT2D eigenvalue weighted by Gasteiger charge is -2.26. The topological polar surface area (TPSA) is 58.2 Å². The third kappa shape index (κ3) is 2.58. The zero-order valence-corrected chi connectivity index (χ0v) is 17.3. The Bertz CT molecular complexity index is 1340. The van der Waals surface area contributed by atoms with Gasteiger partial charge < -0.3 is 9.30 Å². The number of hydrogen-bond donors (Lipinski definition) is 0. The summed E-state index contributed by atoms with van der Waals surface area (Å²) in [6, 6.07) is 12.2. The smallest absolute Gasteiger partial charge is 0.331 e. The molecule has 1 aliphatic heterocycles. The highest BCUT2D eigenvalue weighted by atomic mass is 32.1. The van der Waals surface area contributed by atoms with Gasteiger partial charge in [-0.2, -0.15) is 0 Å². The molecule has 0 unspecified atom stereocenters. The van der Waals surface area contributed by atoms with Crippen LogP contribution in [0.1, 0.15) is 22.2 Å². The first-order chi connectivity index (χ1) is 14.0. The first kappa shape index (κ1) is 18.1. The third-order valence-electron chi connectivity index (χ3n) is 5.68. The van der Waals surface area contributed by atoms with E-state index in [2.05, 4.69) is 4.57 Å². The molecule has 0 amide bonds. The summed E-state index contributed by atoms with van der Waals surface area (Å²) in [5, 5.41) is 2.59. The van der Waals surface area contributed by atoms with Crippen molar-refractivity contribution in [3.63, 3.8) is 0 Å². The summed E-state index contributed by atoms with van der Waals surface area (Å²) in [6.07, 6.45) is -0.303. The minimum Gasteiger partial charge on any atom is -0.364 e. The number of benzene rings is 1. The summed E-state index contributed by atoms with van der Waals surface area (Å²) in [5.74, 6) is 0. The van der Waals surface area contributed by atoms with Crippen LogP contribution in [0.15, 0.2) is 51.4 Å². The number of aromatic nitrogens is 3. The van der Waals surface area contributed by atoms with E-state index in [4.69, 9.17) is 4.74 Å². The van der Waals surface area contributed by atoms with Gasteiger partial charge in [0.1, 0.15) is 6.10 Å². The predicted molar refractivity (Wildman–Crippen MR) is 115 cm³/mol. The minimum absolute atomic E-state index is 0.273. The Kier molecular flexibility index (Phi) is 4.11. The molecule has 0 saturated heterocycles. The van der Waals surface area contributed by atoms with E-state index in [1.165, 1.54) is 11.6 Å². The zero-order chi connectivity index (χ0) is 20.3. The second-order valence-electron chi connectivity index (χ2n) is 7.45. The molecule has 5 rings (SSSR count). The van der Waals surface area contributed by atoms with Crippen LogP contribution in [0.4, 0.5) is 0 Å². The van der Waals surface area contributed by atoms with Crippen molar-refractivity contribution in [2.45, 2.75) is 19.6 Å². The SMILES string of the molecule is Cc1ccc(-c2c3c(=O)n(C)c(=O)n(C)c3c3n2CCO[C@H]3c2cccs2)cc1. The van der Waals surface area contributed by atoms with Gasteiger partial charge in [-0.3, -0.25) is 13.9 Å². The van der Waals surface area contributed by atoms with Crippen LogP contribution in [0.2, 0.25) is 0 Å². The van der Waals surface area contributed by atoms with Gasteiger partial charge in [0.05, 0.1) is 28.9 Å². The maximum Gasteiger partial charge on any atom is 0.331 e. The molecule has 1 aromatic carbocycles. The fourth-order valence-electron chi connectivity index (χ4n) is 4.25. The molecular weight excluding hydrogens is 386 g/mol. The van der Waals surface area contributed by atoms with Gasteiger partial charge in [-0.15, -0.1) is 11.3 Å². The van der Waals surface area contributed by atoms with E-state index >= 15 is 0 Å². The van der Waals surface area contributed by atoms with Gasteiger partial charge in [0.15, 0.2) is 0 Å². The maximum atomic E-state index is 13.3. The zero-order valence-electron chi connectivity index (χ0n) is 16.5. The molecule has 0 spiro atoms. The van der Waals surface area contributed by atoms with Crippen LogP contribution in [0.3, 0.4) is 0 Å². The molecule has 148 valence electrons. The summed E-state index contributed by atoms with van der Waals surface area (Å²) in [5.41, 5.74) is 3.91. The molecule has 4 aromatic rings. The predicted octanol–water partition coefficient (Wildman–Crippen LogP) is 3.20. The fraction of sp³-hybridized carbons (Fsp3) is 0.273. The Morgan fingerprint density at radius 2 is 1.83 bits per heavy atom. The summed E-state index contributed by atoms with van der Waals surface area (Å²) in [7, 11) is 3.26. The molecule has 0 saturated carbocycles. The summed E-state index contributed by atoms with van der Waals surface area (Å²) < 4.78 is 11.1. The van der Waals surface area contributed by atoms with E-state index in [1.54, 1.807) is 23.0 Å². The average molecular weight is 407 g/mol. The first-order valence-electron chi connectivity index (χ1n) is 9.53. The Balaban J connectivity index is 1.97. The van der Waals surface area contributed by atoms with Crippen LogP contribution in [0, 0.1) is 6.92 Å². The molecular formula is C22H21N3O3S. The maximum absolute atomic E-state index is 13.3. The van der Waals surface area contributed by atoms with Gasteiger partial charge in [0, 0.05) is 25.5 Å². The number of hydrogen-bond acceptors (Lipinski definition) is 4. The Morgan fingerprint density at radius 3 is 2.52 bits per heavy atom. The van der Waals surface area contributed by atoms with Crippen molar-refractivity contribution in [2.75, 3.05) is 6.61 Å². The van der Waals surface area contributed by atoms with Crippen LogP contribution >= 0.6 is 11.3 Å². The fourth-order valence-corrected chi connectivity index (χ4v) is 5.02. The molecule has 1 aliphatic rings. The number of ether oxygens (including phenoxy) is 1. The molecule has 0 bridgehead atoms. The van der Waals surface area contributed by atoms with Crippen LogP contribution < -0.4 is 11.2 Å². The van der Waals surface area contributed by atoms with E-state index < -0.39 is 0 Å². The van der Waals surface area contributed by atoms with E-state index in [1.807, 2.05) is 48.7 Å². The van der Waals surface area contributed by atoms with Gasteiger partial charge in [-0.25, -0.2) is 4.79 Å². The van der Waals surface area contributed by atoms with Gasteiger partial charge in [-0.05, 0) is 23.9 Å². The third-order valence-corrected chi connectivity index (χ3v) is 6.59. The van der Waals surface area contributed by atoms with Crippen molar-refractivity contribution >= 4 is 22.2 Å². The average Bonchev–Trinajstić information content (AvgIpc) is 3.37. The van der Waals surface area contributed by atoms with Crippen LogP contribution in [0.5, 0.6) is 0 Å². The van der Waals surface area contributed by atoms with E-state index in [0.29, 0.717) is 24.1 Å². The van der Waals surface area contributed by atoms with Crippen molar-refractivity contribution in [2.24, 2.45) is 14.1 Å². The van der Waals surface area contributed by atoms with Crippen molar-refractivity contribution in [1.29, 1.82) is 0 Å². The van der Waals surface area contributed by atoms with Gasteiger partial charge >= 0.3 is 5.69 Å². The molecule has 4 heterocycles. The lowest BCUT2D eigenvalue weighted by atomic mass is 10.1. The molecule has 7 heteroatoms. The van der Waals surface area contributed by atoms with E-state index in [0.717, 1.165) is 27.4 Å². The van der Waals surface area contributed by atoms with Crippen LogP contribution in [0.25, 0.3) is 22.2 Å². The van der Waals surface area contributed by atoms with Gasteiger partial charge in [-0.1, -0.05) is 35.9 Å². The largest absolute Gasteiger partial charge is 0.364 e. The molecule has 3 aromatic heterocycles. The highest BCUT2D eigenvalue weighted by molar-refractivity contribution is 7.10. The summed E-state index contributed by atoms with van der Waals surface area (Å²) in [4.78, 5) is 27.1.